The van der Waals surface area contributed by atoms with Crippen molar-refractivity contribution >= 4 is 5.97 Å². The molecule has 0 aliphatic carbocycles. The van der Waals surface area contributed by atoms with E-state index >= 15 is 0 Å². The molecule has 1 unspecified atom stereocenters. The van der Waals surface area contributed by atoms with Crippen LogP contribution in [0.2, 0.25) is 0 Å². The average Bonchev–Trinajstić information content (AvgIpc) is 2.64. The number of rotatable bonds is 20. The zero-order valence-corrected chi connectivity index (χ0v) is 18.3. The van der Waals surface area contributed by atoms with Gasteiger partial charge in [0.05, 0.1) is 0 Å². The minimum absolute atomic E-state index is 0.0139. The molecule has 0 rings (SSSR count). The van der Waals surface area contributed by atoms with Crippen molar-refractivity contribution in [1.29, 1.82) is 0 Å². The molecule has 0 aromatic rings. The number of hydrogen-bond acceptors (Lipinski definition) is 2. The van der Waals surface area contributed by atoms with Crippen LogP contribution in [0.4, 0.5) is 0 Å². The van der Waals surface area contributed by atoms with E-state index in [0.717, 1.165) is 32.1 Å². The molecule has 0 heterocycles. The van der Waals surface area contributed by atoms with Crippen molar-refractivity contribution in [1.82, 2.24) is 0 Å². The maximum atomic E-state index is 11.8. The average molecular weight is 369 g/mol. The predicted octanol–water partition coefficient (Wildman–Crippen LogP) is 8.37. The zero-order valence-electron chi connectivity index (χ0n) is 18.3. The standard InChI is InChI=1S/C24H48O2/c1-4-7-9-10-11-12-13-14-15-16-17-18-20-21-23(6-3)26-24(25)22-19-8-5-2/h23H,4-22H2,1-3H3. The molecule has 0 saturated carbocycles. The van der Waals surface area contributed by atoms with Gasteiger partial charge in [0.15, 0.2) is 0 Å². The zero-order chi connectivity index (χ0) is 19.3. The Kier molecular flexibility index (Phi) is 20.4. The highest BCUT2D eigenvalue weighted by Gasteiger charge is 2.11. The van der Waals surface area contributed by atoms with E-state index in [0.29, 0.717) is 6.42 Å². The normalized spacial score (nSPS) is 12.3. The van der Waals surface area contributed by atoms with Gasteiger partial charge in [0.25, 0.3) is 0 Å². The minimum atomic E-state index is 0.0139. The molecule has 0 aromatic heterocycles. The van der Waals surface area contributed by atoms with Gasteiger partial charge in [0.2, 0.25) is 0 Å². The smallest absolute Gasteiger partial charge is 0.306 e. The van der Waals surface area contributed by atoms with Crippen molar-refractivity contribution in [2.75, 3.05) is 0 Å². The third kappa shape index (κ3) is 18.3. The Bertz CT molecular complexity index is 288. The Labute approximate surface area is 164 Å². The first-order chi connectivity index (χ1) is 12.7. The summed E-state index contributed by atoms with van der Waals surface area (Å²) in [5.74, 6) is 0.0139. The fourth-order valence-corrected chi connectivity index (χ4v) is 3.50. The molecule has 2 nitrogen and oxygen atoms in total. The summed E-state index contributed by atoms with van der Waals surface area (Å²) in [6.07, 6.45) is 24.0. The summed E-state index contributed by atoms with van der Waals surface area (Å²) in [5.41, 5.74) is 0. The second kappa shape index (κ2) is 20.8. The second-order valence-corrected chi connectivity index (χ2v) is 8.01. The molecular weight excluding hydrogens is 320 g/mol. The van der Waals surface area contributed by atoms with Crippen LogP contribution in [-0.2, 0) is 9.53 Å². The van der Waals surface area contributed by atoms with Crippen molar-refractivity contribution in [3.05, 3.63) is 0 Å². The predicted molar refractivity (Wildman–Crippen MR) is 115 cm³/mol. The van der Waals surface area contributed by atoms with Crippen molar-refractivity contribution in [2.45, 2.75) is 149 Å². The quantitative estimate of drug-likeness (QED) is 0.159. The van der Waals surface area contributed by atoms with Crippen LogP contribution in [0.25, 0.3) is 0 Å². The monoisotopic (exact) mass is 368 g/mol. The maximum Gasteiger partial charge on any atom is 0.306 e. The molecule has 0 radical (unpaired) electrons. The van der Waals surface area contributed by atoms with E-state index < -0.39 is 0 Å². The molecule has 0 amide bonds. The molecule has 0 N–H and O–H groups in total. The van der Waals surface area contributed by atoms with Gasteiger partial charge in [0.1, 0.15) is 6.10 Å². The van der Waals surface area contributed by atoms with Crippen LogP contribution in [-0.4, -0.2) is 12.1 Å². The van der Waals surface area contributed by atoms with Gasteiger partial charge < -0.3 is 4.74 Å². The molecule has 0 bridgehead atoms. The Hall–Kier alpha value is -0.530. The lowest BCUT2D eigenvalue weighted by molar-refractivity contribution is -0.149. The Balaban J connectivity index is 3.37. The summed E-state index contributed by atoms with van der Waals surface area (Å²) >= 11 is 0. The van der Waals surface area contributed by atoms with Gasteiger partial charge in [-0.1, -0.05) is 111 Å². The first-order valence-electron chi connectivity index (χ1n) is 11.9. The molecule has 0 aliphatic heterocycles. The van der Waals surface area contributed by atoms with Gasteiger partial charge in [-0.2, -0.15) is 0 Å². The topological polar surface area (TPSA) is 26.3 Å². The molecule has 0 aliphatic rings. The molecule has 0 spiro atoms. The number of esters is 1. The number of unbranched alkanes of at least 4 members (excludes halogenated alkanes) is 14. The van der Waals surface area contributed by atoms with Gasteiger partial charge in [0, 0.05) is 6.42 Å². The lowest BCUT2D eigenvalue weighted by Crippen LogP contribution is -2.17. The summed E-state index contributed by atoms with van der Waals surface area (Å²) in [6, 6.07) is 0. The van der Waals surface area contributed by atoms with Gasteiger partial charge in [-0.3, -0.25) is 4.79 Å². The van der Waals surface area contributed by atoms with Gasteiger partial charge >= 0.3 is 5.97 Å². The molecule has 0 fully saturated rings. The van der Waals surface area contributed by atoms with Gasteiger partial charge in [-0.05, 0) is 25.7 Å². The highest BCUT2D eigenvalue weighted by Crippen LogP contribution is 2.15. The molecular formula is C24H48O2. The molecule has 0 aromatic carbocycles. The van der Waals surface area contributed by atoms with Crippen LogP contribution in [0.15, 0.2) is 0 Å². The highest BCUT2D eigenvalue weighted by atomic mass is 16.5. The van der Waals surface area contributed by atoms with E-state index in [-0.39, 0.29) is 12.1 Å². The molecule has 156 valence electrons. The highest BCUT2D eigenvalue weighted by molar-refractivity contribution is 5.69. The van der Waals surface area contributed by atoms with Crippen LogP contribution in [0.1, 0.15) is 143 Å². The van der Waals surface area contributed by atoms with Crippen molar-refractivity contribution < 1.29 is 9.53 Å². The van der Waals surface area contributed by atoms with E-state index in [1.54, 1.807) is 0 Å². The van der Waals surface area contributed by atoms with E-state index in [9.17, 15) is 4.79 Å². The Morgan fingerprint density at radius 2 is 1.04 bits per heavy atom. The summed E-state index contributed by atoms with van der Waals surface area (Å²) in [6.45, 7) is 6.57. The first kappa shape index (κ1) is 25.5. The van der Waals surface area contributed by atoms with Crippen molar-refractivity contribution in [3.8, 4) is 0 Å². The molecule has 2 heteroatoms. The van der Waals surface area contributed by atoms with E-state index in [4.69, 9.17) is 4.74 Å². The third-order valence-electron chi connectivity index (χ3n) is 5.37. The number of hydrogen-bond donors (Lipinski definition) is 0. The van der Waals surface area contributed by atoms with Crippen LogP contribution in [0.5, 0.6) is 0 Å². The second-order valence-electron chi connectivity index (χ2n) is 8.01. The summed E-state index contributed by atoms with van der Waals surface area (Å²) in [5, 5.41) is 0. The SMILES string of the molecule is CCCCCCCCCCCCCCCC(CC)OC(=O)CCCCC. The first-order valence-corrected chi connectivity index (χ1v) is 11.9. The lowest BCUT2D eigenvalue weighted by Gasteiger charge is -2.16. The largest absolute Gasteiger partial charge is 0.462 e. The van der Waals surface area contributed by atoms with Gasteiger partial charge in [-0.15, -0.1) is 0 Å². The Morgan fingerprint density at radius 1 is 0.615 bits per heavy atom. The van der Waals surface area contributed by atoms with E-state index in [1.165, 1.54) is 83.5 Å². The summed E-state index contributed by atoms with van der Waals surface area (Å²) in [7, 11) is 0. The van der Waals surface area contributed by atoms with Crippen LogP contribution in [0.3, 0.4) is 0 Å². The molecule has 26 heavy (non-hydrogen) atoms. The van der Waals surface area contributed by atoms with Crippen LogP contribution < -0.4 is 0 Å². The minimum Gasteiger partial charge on any atom is -0.462 e. The number of ether oxygens (including phenoxy) is 1. The number of carbonyl (C=O) groups excluding carboxylic acids is 1. The Morgan fingerprint density at radius 3 is 1.50 bits per heavy atom. The molecule has 1 atom stereocenters. The van der Waals surface area contributed by atoms with Gasteiger partial charge in [-0.25, -0.2) is 0 Å². The number of carbonyl (C=O) groups is 1. The molecule has 0 saturated heterocycles. The van der Waals surface area contributed by atoms with Crippen molar-refractivity contribution in [2.24, 2.45) is 0 Å². The summed E-state index contributed by atoms with van der Waals surface area (Å²) in [4.78, 5) is 11.8. The lowest BCUT2D eigenvalue weighted by atomic mass is 10.0. The maximum absolute atomic E-state index is 11.8. The van der Waals surface area contributed by atoms with Crippen molar-refractivity contribution in [3.63, 3.8) is 0 Å². The fraction of sp³-hybridized carbons (Fsp3) is 0.958. The third-order valence-corrected chi connectivity index (χ3v) is 5.37. The van der Waals surface area contributed by atoms with E-state index in [1.807, 2.05) is 0 Å². The summed E-state index contributed by atoms with van der Waals surface area (Å²) < 4.78 is 5.61. The van der Waals surface area contributed by atoms with Crippen LogP contribution in [0, 0.1) is 0 Å². The van der Waals surface area contributed by atoms with E-state index in [2.05, 4.69) is 20.8 Å². The fourth-order valence-electron chi connectivity index (χ4n) is 3.50. The van der Waals surface area contributed by atoms with Crippen LogP contribution >= 0.6 is 0 Å².